The second-order valence-corrected chi connectivity index (χ2v) is 12.5. The molecule has 8 aromatic rings. The van der Waals surface area contributed by atoms with E-state index in [1.165, 1.54) is 44.4 Å². The van der Waals surface area contributed by atoms with Gasteiger partial charge in [-0.1, -0.05) is 117 Å². The van der Waals surface area contributed by atoms with E-state index in [9.17, 15) is 0 Å². The van der Waals surface area contributed by atoms with Crippen LogP contribution in [-0.2, 0) is 5.41 Å². The average Bonchev–Trinajstić information content (AvgIpc) is 3.73. The highest BCUT2D eigenvalue weighted by Crippen LogP contribution is 2.54. The molecule has 0 fully saturated rings. The first-order valence-corrected chi connectivity index (χ1v) is 15.6. The van der Waals surface area contributed by atoms with Crippen molar-refractivity contribution in [1.82, 2.24) is 14.1 Å². The zero-order chi connectivity index (χ0) is 30.1. The SMILES string of the molecule is CC1(C)c2ccccc2-c2c1n(-c1ccc(-n3c(-c4ccccc4)nc4ccccc43)cc1)c1ccc(-c3ccccc3)cc21. The minimum atomic E-state index is -0.155. The molecule has 0 unspecified atom stereocenters. The fraction of sp³-hybridized carbons (Fsp3) is 0.0714. The van der Waals surface area contributed by atoms with Crippen molar-refractivity contribution in [3.05, 3.63) is 163 Å². The summed E-state index contributed by atoms with van der Waals surface area (Å²) in [5, 5.41) is 1.29. The molecule has 2 heterocycles. The maximum atomic E-state index is 5.05. The van der Waals surface area contributed by atoms with Crippen LogP contribution in [-0.4, -0.2) is 14.1 Å². The fourth-order valence-corrected chi connectivity index (χ4v) is 7.43. The summed E-state index contributed by atoms with van der Waals surface area (Å²) in [6.45, 7) is 4.73. The van der Waals surface area contributed by atoms with Crippen molar-refractivity contribution in [3.63, 3.8) is 0 Å². The third-order valence-corrected chi connectivity index (χ3v) is 9.49. The Bertz CT molecular complexity index is 2370. The summed E-state index contributed by atoms with van der Waals surface area (Å²) in [6.07, 6.45) is 0. The van der Waals surface area contributed by atoms with Gasteiger partial charge < -0.3 is 4.57 Å². The van der Waals surface area contributed by atoms with Crippen LogP contribution in [0.5, 0.6) is 0 Å². The van der Waals surface area contributed by atoms with Crippen LogP contribution in [0.4, 0.5) is 0 Å². The number of rotatable bonds is 4. The van der Waals surface area contributed by atoms with Crippen LogP contribution in [0.25, 0.3) is 67.0 Å². The lowest BCUT2D eigenvalue weighted by atomic mass is 9.85. The van der Waals surface area contributed by atoms with Gasteiger partial charge in [-0.05, 0) is 70.8 Å². The molecule has 3 nitrogen and oxygen atoms in total. The topological polar surface area (TPSA) is 22.8 Å². The molecule has 3 heteroatoms. The lowest BCUT2D eigenvalue weighted by molar-refractivity contribution is 0.624. The van der Waals surface area contributed by atoms with E-state index in [1.807, 2.05) is 6.07 Å². The molecule has 0 bridgehead atoms. The highest BCUT2D eigenvalue weighted by molar-refractivity contribution is 6.05. The highest BCUT2D eigenvalue weighted by atomic mass is 15.1. The molecule has 1 aliphatic carbocycles. The Morgan fingerprint density at radius 2 is 1.13 bits per heavy atom. The molecular formula is C42H31N3. The summed E-state index contributed by atoms with van der Waals surface area (Å²) in [5.41, 5.74) is 14.4. The number of hydrogen-bond donors (Lipinski definition) is 0. The summed E-state index contributed by atoms with van der Waals surface area (Å²) in [4.78, 5) is 5.05. The van der Waals surface area contributed by atoms with Gasteiger partial charge in [0.1, 0.15) is 5.82 Å². The van der Waals surface area contributed by atoms with Gasteiger partial charge in [0.2, 0.25) is 0 Å². The summed E-state index contributed by atoms with van der Waals surface area (Å²) >= 11 is 0. The fourth-order valence-electron chi connectivity index (χ4n) is 7.43. The molecule has 0 atom stereocenters. The summed E-state index contributed by atoms with van der Waals surface area (Å²) in [5.74, 6) is 0.946. The van der Waals surface area contributed by atoms with Crippen molar-refractivity contribution in [1.29, 1.82) is 0 Å². The third kappa shape index (κ3) is 3.80. The number of benzene rings is 6. The molecule has 0 spiro atoms. The van der Waals surface area contributed by atoms with E-state index < -0.39 is 0 Å². The third-order valence-electron chi connectivity index (χ3n) is 9.49. The normalized spacial score (nSPS) is 13.3. The van der Waals surface area contributed by atoms with Gasteiger partial charge in [-0.3, -0.25) is 4.57 Å². The molecule has 2 aromatic heterocycles. The largest absolute Gasteiger partial charge is 0.312 e. The predicted octanol–water partition coefficient (Wildman–Crippen LogP) is 10.6. The monoisotopic (exact) mass is 577 g/mol. The van der Waals surface area contributed by atoms with Crippen molar-refractivity contribution >= 4 is 21.9 Å². The van der Waals surface area contributed by atoms with Crippen LogP contribution in [0.1, 0.15) is 25.1 Å². The van der Waals surface area contributed by atoms with Gasteiger partial charge in [0, 0.05) is 39.0 Å². The van der Waals surface area contributed by atoms with Crippen molar-refractivity contribution < 1.29 is 0 Å². The minimum absolute atomic E-state index is 0.155. The molecule has 0 saturated carbocycles. The number of para-hydroxylation sites is 2. The van der Waals surface area contributed by atoms with E-state index in [4.69, 9.17) is 4.98 Å². The van der Waals surface area contributed by atoms with E-state index in [2.05, 4.69) is 169 Å². The number of nitrogens with zero attached hydrogens (tertiary/aromatic N) is 3. The molecule has 0 aliphatic heterocycles. The molecule has 0 radical (unpaired) electrons. The van der Waals surface area contributed by atoms with Gasteiger partial charge >= 0.3 is 0 Å². The van der Waals surface area contributed by atoms with Crippen LogP contribution in [0.2, 0.25) is 0 Å². The molecule has 6 aromatic carbocycles. The Morgan fingerprint density at radius 1 is 0.511 bits per heavy atom. The zero-order valence-corrected chi connectivity index (χ0v) is 25.3. The van der Waals surface area contributed by atoms with Gasteiger partial charge in [-0.25, -0.2) is 4.98 Å². The lowest BCUT2D eigenvalue weighted by Crippen LogP contribution is -2.19. The van der Waals surface area contributed by atoms with Gasteiger partial charge in [0.25, 0.3) is 0 Å². The summed E-state index contributed by atoms with van der Waals surface area (Å²) in [7, 11) is 0. The Balaban J connectivity index is 1.26. The second-order valence-electron chi connectivity index (χ2n) is 12.5. The second kappa shape index (κ2) is 9.67. The molecule has 0 N–H and O–H groups in total. The number of fused-ring (bicyclic) bond motifs is 6. The Labute approximate surface area is 262 Å². The van der Waals surface area contributed by atoms with Gasteiger partial charge in [0.15, 0.2) is 0 Å². The number of imidazole rings is 1. The highest BCUT2D eigenvalue weighted by Gasteiger charge is 2.40. The Morgan fingerprint density at radius 3 is 1.89 bits per heavy atom. The quantitative estimate of drug-likeness (QED) is 0.204. The lowest BCUT2D eigenvalue weighted by Gasteiger charge is -2.24. The van der Waals surface area contributed by atoms with Gasteiger partial charge in [-0.15, -0.1) is 0 Å². The van der Waals surface area contributed by atoms with Crippen LogP contribution in [0.15, 0.2) is 152 Å². The Hall–Kier alpha value is -5.67. The first-order valence-electron chi connectivity index (χ1n) is 15.6. The predicted molar refractivity (Wildman–Crippen MR) is 186 cm³/mol. The first-order chi connectivity index (χ1) is 22.1. The minimum Gasteiger partial charge on any atom is -0.312 e. The molecular weight excluding hydrogens is 546 g/mol. The van der Waals surface area contributed by atoms with Crippen LogP contribution in [0, 0.1) is 0 Å². The smallest absolute Gasteiger partial charge is 0.145 e. The molecule has 0 amide bonds. The van der Waals surface area contributed by atoms with E-state index in [0.717, 1.165) is 33.8 Å². The van der Waals surface area contributed by atoms with Crippen LogP contribution < -0.4 is 0 Å². The molecule has 0 saturated heterocycles. The summed E-state index contributed by atoms with van der Waals surface area (Å²) in [6, 6.07) is 54.4. The van der Waals surface area contributed by atoms with Crippen molar-refractivity contribution in [2.75, 3.05) is 0 Å². The first kappa shape index (κ1) is 25.8. The molecule has 45 heavy (non-hydrogen) atoms. The van der Waals surface area contributed by atoms with E-state index >= 15 is 0 Å². The van der Waals surface area contributed by atoms with E-state index in [-0.39, 0.29) is 5.41 Å². The molecule has 214 valence electrons. The van der Waals surface area contributed by atoms with Crippen LogP contribution >= 0.6 is 0 Å². The maximum absolute atomic E-state index is 5.05. The average molecular weight is 578 g/mol. The molecule has 9 rings (SSSR count). The maximum Gasteiger partial charge on any atom is 0.145 e. The zero-order valence-electron chi connectivity index (χ0n) is 25.3. The van der Waals surface area contributed by atoms with Crippen molar-refractivity contribution in [2.24, 2.45) is 0 Å². The van der Waals surface area contributed by atoms with E-state index in [1.54, 1.807) is 0 Å². The van der Waals surface area contributed by atoms with E-state index in [0.29, 0.717) is 0 Å². The standard InChI is InChI=1S/C42H31N3/c1-42(2)35-18-10-9-17-33(35)39-34-27-30(28-13-5-3-6-14-28)21-26-37(34)44(40(39)42)31-22-24-32(25-23-31)45-38-20-12-11-19-36(38)43-41(45)29-15-7-4-8-16-29/h3-27H,1-2H3. The van der Waals surface area contributed by atoms with Crippen molar-refractivity contribution in [2.45, 2.75) is 19.3 Å². The molecule has 1 aliphatic rings. The Kier molecular flexibility index (Phi) is 5.54. The van der Waals surface area contributed by atoms with Crippen molar-refractivity contribution in [3.8, 4) is 45.0 Å². The van der Waals surface area contributed by atoms with Gasteiger partial charge in [0.05, 0.1) is 16.6 Å². The van der Waals surface area contributed by atoms with Gasteiger partial charge in [-0.2, -0.15) is 0 Å². The number of hydrogen-bond acceptors (Lipinski definition) is 1. The number of aromatic nitrogens is 3. The van der Waals surface area contributed by atoms with Crippen LogP contribution in [0.3, 0.4) is 0 Å². The summed E-state index contributed by atoms with van der Waals surface area (Å²) < 4.78 is 4.77.